The number of nitrogens with zero attached hydrogens (tertiary/aromatic N) is 1. The number of carbonyl (C=O) groups excluding carboxylic acids is 1. The van der Waals surface area contributed by atoms with Crippen LogP contribution < -0.4 is 5.32 Å². The van der Waals surface area contributed by atoms with E-state index < -0.39 is 0 Å². The average Bonchev–Trinajstić information content (AvgIpc) is 2.72. The summed E-state index contributed by atoms with van der Waals surface area (Å²) in [6.45, 7) is 2.71. The Morgan fingerprint density at radius 3 is 2.93 bits per heavy atom. The zero-order valence-corrected chi connectivity index (χ0v) is 8.20. The molecule has 0 radical (unpaired) electrons. The van der Waals surface area contributed by atoms with Crippen LogP contribution in [-0.2, 0) is 9.57 Å². The van der Waals surface area contributed by atoms with Crippen LogP contribution in [0.1, 0.15) is 19.3 Å². The first-order valence-corrected chi connectivity index (χ1v) is 5.15. The molecule has 2 rings (SSSR count). The van der Waals surface area contributed by atoms with Gasteiger partial charge in [0, 0.05) is 6.61 Å². The van der Waals surface area contributed by atoms with Crippen molar-refractivity contribution in [1.82, 2.24) is 10.4 Å². The third-order valence-corrected chi connectivity index (χ3v) is 2.49. The van der Waals surface area contributed by atoms with Gasteiger partial charge in [-0.15, -0.1) is 0 Å². The van der Waals surface area contributed by atoms with Crippen molar-refractivity contribution >= 4 is 6.03 Å². The van der Waals surface area contributed by atoms with Crippen LogP contribution in [0.2, 0.25) is 0 Å². The smallest absolute Gasteiger partial charge is 0.341 e. The first-order chi connectivity index (χ1) is 6.86. The molecule has 2 aliphatic heterocycles. The van der Waals surface area contributed by atoms with E-state index in [1.807, 2.05) is 0 Å². The summed E-state index contributed by atoms with van der Waals surface area (Å²) in [6.07, 6.45) is 2.96. The van der Waals surface area contributed by atoms with Crippen molar-refractivity contribution in [2.45, 2.75) is 25.3 Å². The van der Waals surface area contributed by atoms with Gasteiger partial charge >= 0.3 is 6.03 Å². The monoisotopic (exact) mass is 200 g/mol. The van der Waals surface area contributed by atoms with Crippen molar-refractivity contribution in [3.63, 3.8) is 0 Å². The molecule has 0 bridgehead atoms. The van der Waals surface area contributed by atoms with Crippen molar-refractivity contribution < 1.29 is 14.4 Å². The second-order valence-electron chi connectivity index (χ2n) is 3.65. The van der Waals surface area contributed by atoms with Crippen LogP contribution in [0.25, 0.3) is 0 Å². The highest BCUT2D eigenvalue weighted by Gasteiger charge is 2.23. The van der Waals surface area contributed by atoms with Crippen molar-refractivity contribution in [3.8, 4) is 0 Å². The molecule has 5 nitrogen and oxygen atoms in total. The number of nitrogens with one attached hydrogen (secondary N) is 1. The molecular formula is C9H16N2O3. The van der Waals surface area contributed by atoms with E-state index in [2.05, 4.69) is 5.32 Å². The maximum atomic E-state index is 11.6. The van der Waals surface area contributed by atoms with Crippen LogP contribution in [0, 0.1) is 0 Å². The summed E-state index contributed by atoms with van der Waals surface area (Å²) in [4.78, 5) is 16.8. The highest BCUT2D eigenvalue weighted by molar-refractivity contribution is 5.73. The summed E-state index contributed by atoms with van der Waals surface area (Å²) in [7, 11) is 0. The minimum Gasteiger partial charge on any atom is -0.379 e. The molecule has 0 aromatic heterocycles. The maximum absolute atomic E-state index is 11.6. The van der Waals surface area contributed by atoms with Gasteiger partial charge in [-0.25, -0.2) is 9.86 Å². The SMILES string of the molecule is O=C(NC1CCOC1)N1CCCCO1. The van der Waals surface area contributed by atoms with Gasteiger partial charge in [0.05, 0.1) is 25.8 Å². The molecule has 1 unspecified atom stereocenters. The summed E-state index contributed by atoms with van der Waals surface area (Å²) in [5.41, 5.74) is 0. The Hall–Kier alpha value is -0.810. The Balaban J connectivity index is 1.75. The third-order valence-electron chi connectivity index (χ3n) is 2.49. The molecule has 0 spiro atoms. The van der Waals surface area contributed by atoms with Crippen molar-refractivity contribution in [2.24, 2.45) is 0 Å². The van der Waals surface area contributed by atoms with E-state index in [-0.39, 0.29) is 12.1 Å². The first-order valence-electron chi connectivity index (χ1n) is 5.15. The van der Waals surface area contributed by atoms with Gasteiger partial charge in [-0.1, -0.05) is 0 Å². The Kier molecular flexibility index (Phi) is 3.21. The van der Waals surface area contributed by atoms with Gasteiger partial charge in [0.1, 0.15) is 0 Å². The van der Waals surface area contributed by atoms with Gasteiger partial charge in [0.25, 0.3) is 0 Å². The standard InChI is InChI=1S/C9H16N2O3/c12-9(10-8-3-6-13-7-8)11-4-1-2-5-14-11/h8H,1-7H2,(H,10,12). The molecule has 5 heteroatoms. The highest BCUT2D eigenvalue weighted by Crippen LogP contribution is 2.08. The number of ether oxygens (including phenoxy) is 1. The van der Waals surface area contributed by atoms with E-state index in [1.54, 1.807) is 0 Å². The predicted molar refractivity (Wildman–Crippen MR) is 49.6 cm³/mol. The number of hydrogen-bond donors (Lipinski definition) is 1. The van der Waals surface area contributed by atoms with Crippen molar-refractivity contribution in [2.75, 3.05) is 26.4 Å². The number of urea groups is 1. The van der Waals surface area contributed by atoms with Crippen LogP contribution in [-0.4, -0.2) is 43.5 Å². The quantitative estimate of drug-likeness (QED) is 0.671. The fourth-order valence-corrected chi connectivity index (χ4v) is 1.65. The van der Waals surface area contributed by atoms with Gasteiger partial charge in [-0.2, -0.15) is 0 Å². The summed E-state index contributed by atoms with van der Waals surface area (Å²) >= 11 is 0. The van der Waals surface area contributed by atoms with Crippen LogP contribution in [0.4, 0.5) is 4.79 Å². The summed E-state index contributed by atoms with van der Waals surface area (Å²) in [5.74, 6) is 0. The van der Waals surface area contributed by atoms with Crippen LogP contribution in [0.3, 0.4) is 0 Å². The fourth-order valence-electron chi connectivity index (χ4n) is 1.65. The zero-order valence-electron chi connectivity index (χ0n) is 8.20. The Bertz CT molecular complexity index is 198. The molecule has 2 saturated heterocycles. The van der Waals surface area contributed by atoms with Gasteiger partial charge in [0.15, 0.2) is 0 Å². The molecule has 2 heterocycles. The second-order valence-corrected chi connectivity index (χ2v) is 3.65. The molecule has 2 fully saturated rings. The van der Waals surface area contributed by atoms with E-state index in [0.717, 1.165) is 25.9 Å². The van der Waals surface area contributed by atoms with Crippen LogP contribution >= 0.6 is 0 Å². The molecule has 1 atom stereocenters. The van der Waals surface area contributed by atoms with Crippen LogP contribution in [0.5, 0.6) is 0 Å². The van der Waals surface area contributed by atoms with E-state index in [9.17, 15) is 4.79 Å². The number of amides is 2. The predicted octanol–water partition coefficient (Wildman–Crippen LogP) is 0.512. The first kappa shape index (κ1) is 9.73. The van der Waals surface area contributed by atoms with Gasteiger partial charge in [0.2, 0.25) is 0 Å². The molecule has 80 valence electrons. The number of hydroxylamine groups is 2. The fraction of sp³-hybridized carbons (Fsp3) is 0.889. The summed E-state index contributed by atoms with van der Waals surface area (Å²) in [5, 5.41) is 4.30. The highest BCUT2D eigenvalue weighted by atomic mass is 16.7. The maximum Gasteiger partial charge on any atom is 0.341 e. The van der Waals surface area contributed by atoms with E-state index in [4.69, 9.17) is 9.57 Å². The lowest BCUT2D eigenvalue weighted by Crippen LogP contribution is -2.46. The number of carbonyl (C=O) groups is 1. The molecule has 0 aliphatic carbocycles. The van der Waals surface area contributed by atoms with E-state index >= 15 is 0 Å². The molecule has 0 aromatic carbocycles. The minimum atomic E-state index is -0.125. The van der Waals surface area contributed by atoms with Crippen LogP contribution in [0.15, 0.2) is 0 Å². The van der Waals surface area contributed by atoms with Gasteiger partial charge < -0.3 is 10.1 Å². The Morgan fingerprint density at radius 1 is 1.36 bits per heavy atom. The largest absolute Gasteiger partial charge is 0.379 e. The second kappa shape index (κ2) is 4.61. The zero-order chi connectivity index (χ0) is 9.80. The molecule has 2 amide bonds. The third kappa shape index (κ3) is 2.36. The lowest BCUT2D eigenvalue weighted by Gasteiger charge is -2.27. The van der Waals surface area contributed by atoms with E-state index in [0.29, 0.717) is 19.8 Å². The number of rotatable bonds is 1. The van der Waals surface area contributed by atoms with Crippen molar-refractivity contribution in [3.05, 3.63) is 0 Å². The number of hydrogen-bond acceptors (Lipinski definition) is 3. The van der Waals surface area contributed by atoms with E-state index in [1.165, 1.54) is 5.06 Å². The normalized spacial score (nSPS) is 27.7. The molecule has 14 heavy (non-hydrogen) atoms. The average molecular weight is 200 g/mol. The molecule has 0 saturated carbocycles. The van der Waals surface area contributed by atoms with Gasteiger partial charge in [-0.3, -0.25) is 4.84 Å². The Morgan fingerprint density at radius 2 is 2.29 bits per heavy atom. The lowest BCUT2D eigenvalue weighted by molar-refractivity contribution is -0.139. The molecule has 2 aliphatic rings. The Labute approximate surface area is 83.3 Å². The molecular weight excluding hydrogens is 184 g/mol. The minimum absolute atomic E-state index is 0.125. The topological polar surface area (TPSA) is 50.8 Å². The van der Waals surface area contributed by atoms with Crippen molar-refractivity contribution in [1.29, 1.82) is 0 Å². The van der Waals surface area contributed by atoms with Gasteiger partial charge in [-0.05, 0) is 19.3 Å². The lowest BCUT2D eigenvalue weighted by atomic mass is 10.2. The summed E-state index contributed by atoms with van der Waals surface area (Å²) < 4.78 is 5.17. The summed E-state index contributed by atoms with van der Waals surface area (Å²) in [6, 6.07) is 0.0354. The molecule has 0 aromatic rings. The molecule has 1 N–H and O–H groups in total.